The molecule has 0 aliphatic carbocycles. The van der Waals surface area contributed by atoms with Crippen molar-refractivity contribution in [2.45, 2.75) is 44.7 Å². The van der Waals surface area contributed by atoms with Crippen LogP contribution in [-0.2, 0) is 9.59 Å². The van der Waals surface area contributed by atoms with E-state index in [9.17, 15) is 9.59 Å². The van der Waals surface area contributed by atoms with Crippen LogP contribution in [0.2, 0.25) is 0 Å². The summed E-state index contributed by atoms with van der Waals surface area (Å²) >= 11 is 1.66. The molecule has 2 amide bonds. The molecule has 0 aromatic heterocycles. The summed E-state index contributed by atoms with van der Waals surface area (Å²) in [5.74, 6) is 1.54. The van der Waals surface area contributed by atoms with E-state index in [1.54, 1.807) is 16.7 Å². The number of likely N-dealkylation sites (tertiary alicyclic amines) is 1. The van der Waals surface area contributed by atoms with Crippen LogP contribution in [0, 0.1) is 0 Å². The van der Waals surface area contributed by atoms with Gasteiger partial charge in [-0.2, -0.15) is 0 Å². The lowest BCUT2D eigenvalue weighted by molar-refractivity contribution is -0.145. The summed E-state index contributed by atoms with van der Waals surface area (Å²) < 4.78 is 0. The Kier molecular flexibility index (Phi) is 5.10. The van der Waals surface area contributed by atoms with Gasteiger partial charge in [0.05, 0.1) is 5.88 Å². The molecule has 0 bridgehead atoms. The van der Waals surface area contributed by atoms with E-state index in [2.05, 4.69) is 0 Å². The zero-order valence-electron chi connectivity index (χ0n) is 11.5. The van der Waals surface area contributed by atoms with Gasteiger partial charge in [0.2, 0.25) is 11.8 Å². The normalized spacial score (nSPS) is 27.7. The van der Waals surface area contributed by atoms with Crippen LogP contribution in [0.1, 0.15) is 32.6 Å². The van der Waals surface area contributed by atoms with Gasteiger partial charge in [-0.05, 0) is 19.3 Å². The Labute approximate surface area is 118 Å². The van der Waals surface area contributed by atoms with Crippen molar-refractivity contribution in [2.24, 2.45) is 5.73 Å². The Balaban J connectivity index is 2.07. The fourth-order valence-electron chi connectivity index (χ4n) is 2.82. The van der Waals surface area contributed by atoms with Crippen molar-refractivity contribution in [1.29, 1.82) is 0 Å². The molecule has 2 heterocycles. The number of rotatable bonds is 3. The first-order chi connectivity index (χ1) is 9.19. The molecular weight excluding hydrogens is 262 g/mol. The second-order valence-corrected chi connectivity index (χ2v) is 6.15. The van der Waals surface area contributed by atoms with Gasteiger partial charge in [-0.1, -0.05) is 6.92 Å². The SMILES string of the molecule is CCC(=O)N1CSCC1C(=O)N1CCCCC1CN. The number of hydrogen-bond acceptors (Lipinski definition) is 4. The highest BCUT2D eigenvalue weighted by molar-refractivity contribution is 7.99. The fraction of sp³-hybridized carbons (Fsp3) is 0.846. The van der Waals surface area contributed by atoms with Crippen LogP contribution in [0.5, 0.6) is 0 Å². The summed E-state index contributed by atoms with van der Waals surface area (Å²) in [4.78, 5) is 28.2. The monoisotopic (exact) mass is 285 g/mol. The Bertz CT molecular complexity index is 351. The Hall–Kier alpha value is -0.750. The molecule has 0 aromatic rings. The van der Waals surface area contributed by atoms with Crippen molar-refractivity contribution >= 4 is 23.6 Å². The fourth-order valence-corrected chi connectivity index (χ4v) is 4.00. The molecule has 6 heteroatoms. The molecule has 108 valence electrons. The molecule has 2 rings (SSSR count). The van der Waals surface area contributed by atoms with Crippen molar-refractivity contribution < 1.29 is 9.59 Å². The quantitative estimate of drug-likeness (QED) is 0.826. The van der Waals surface area contributed by atoms with Crippen molar-refractivity contribution in [3.8, 4) is 0 Å². The summed E-state index contributed by atoms with van der Waals surface area (Å²) in [5.41, 5.74) is 5.77. The second kappa shape index (κ2) is 6.61. The van der Waals surface area contributed by atoms with E-state index >= 15 is 0 Å². The van der Waals surface area contributed by atoms with E-state index in [0.29, 0.717) is 18.8 Å². The molecule has 2 unspecified atom stereocenters. The van der Waals surface area contributed by atoms with Crippen LogP contribution in [0.15, 0.2) is 0 Å². The number of nitrogens with zero attached hydrogens (tertiary/aromatic N) is 2. The van der Waals surface area contributed by atoms with Gasteiger partial charge in [-0.25, -0.2) is 0 Å². The van der Waals surface area contributed by atoms with E-state index in [1.165, 1.54) is 0 Å². The third-order valence-corrected chi connectivity index (χ3v) is 4.98. The van der Waals surface area contributed by atoms with E-state index in [1.807, 2.05) is 11.8 Å². The van der Waals surface area contributed by atoms with Gasteiger partial charge in [-0.15, -0.1) is 11.8 Å². The molecule has 2 aliphatic heterocycles. The lowest BCUT2D eigenvalue weighted by atomic mass is 10.0. The Morgan fingerprint density at radius 1 is 1.32 bits per heavy atom. The van der Waals surface area contributed by atoms with Crippen LogP contribution in [0.3, 0.4) is 0 Å². The van der Waals surface area contributed by atoms with Crippen LogP contribution in [0.4, 0.5) is 0 Å². The zero-order valence-corrected chi connectivity index (χ0v) is 12.3. The molecule has 0 radical (unpaired) electrons. The maximum Gasteiger partial charge on any atom is 0.246 e. The van der Waals surface area contributed by atoms with Crippen LogP contribution >= 0.6 is 11.8 Å². The minimum absolute atomic E-state index is 0.0738. The molecule has 0 saturated carbocycles. The van der Waals surface area contributed by atoms with Gasteiger partial charge in [0.25, 0.3) is 0 Å². The van der Waals surface area contributed by atoms with E-state index in [-0.39, 0.29) is 23.9 Å². The van der Waals surface area contributed by atoms with Crippen LogP contribution in [-0.4, -0.2) is 58.4 Å². The molecule has 2 fully saturated rings. The molecule has 0 aromatic carbocycles. The number of nitrogens with two attached hydrogens (primary N) is 1. The highest BCUT2D eigenvalue weighted by atomic mass is 32.2. The summed E-state index contributed by atoms with van der Waals surface area (Å²) in [7, 11) is 0. The number of hydrogen-bond donors (Lipinski definition) is 1. The topological polar surface area (TPSA) is 66.6 Å². The maximum absolute atomic E-state index is 12.7. The largest absolute Gasteiger partial charge is 0.337 e. The molecule has 2 saturated heterocycles. The molecule has 5 nitrogen and oxygen atoms in total. The Morgan fingerprint density at radius 2 is 2.11 bits per heavy atom. The number of amides is 2. The second-order valence-electron chi connectivity index (χ2n) is 5.15. The van der Waals surface area contributed by atoms with E-state index in [4.69, 9.17) is 5.73 Å². The predicted octanol–water partition coefficient (Wildman–Crippen LogP) is 0.638. The summed E-state index contributed by atoms with van der Waals surface area (Å²) in [6.45, 7) is 3.15. The third-order valence-electron chi connectivity index (χ3n) is 3.97. The smallest absolute Gasteiger partial charge is 0.246 e. The number of carbonyl (C=O) groups is 2. The zero-order chi connectivity index (χ0) is 13.8. The van der Waals surface area contributed by atoms with E-state index in [0.717, 1.165) is 31.6 Å². The highest BCUT2D eigenvalue weighted by Crippen LogP contribution is 2.26. The van der Waals surface area contributed by atoms with Gasteiger partial charge in [0, 0.05) is 31.3 Å². The lowest BCUT2D eigenvalue weighted by Crippen LogP contribution is -2.55. The predicted molar refractivity (Wildman–Crippen MR) is 76.7 cm³/mol. The average Bonchev–Trinajstić information content (AvgIpc) is 2.95. The molecule has 19 heavy (non-hydrogen) atoms. The minimum Gasteiger partial charge on any atom is -0.337 e. The molecule has 2 N–H and O–H groups in total. The van der Waals surface area contributed by atoms with Crippen molar-refractivity contribution in [3.63, 3.8) is 0 Å². The van der Waals surface area contributed by atoms with Gasteiger partial charge in [0.15, 0.2) is 0 Å². The van der Waals surface area contributed by atoms with Crippen molar-refractivity contribution in [1.82, 2.24) is 9.80 Å². The standard InChI is InChI=1S/C13H23N3O2S/c1-2-12(17)16-9-19-8-11(16)13(18)15-6-4-3-5-10(15)7-14/h10-11H,2-9,14H2,1H3. The first-order valence-corrected chi connectivity index (χ1v) is 8.22. The summed E-state index contributed by atoms with van der Waals surface area (Å²) in [5, 5.41) is 0. The maximum atomic E-state index is 12.7. The first-order valence-electron chi connectivity index (χ1n) is 7.06. The molecule has 0 spiro atoms. The van der Waals surface area contributed by atoms with Gasteiger partial charge in [0.1, 0.15) is 6.04 Å². The lowest BCUT2D eigenvalue weighted by Gasteiger charge is -2.38. The van der Waals surface area contributed by atoms with E-state index < -0.39 is 0 Å². The van der Waals surface area contributed by atoms with Gasteiger partial charge < -0.3 is 15.5 Å². The van der Waals surface area contributed by atoms with Crippen LogP contribution < -0.4 is 5.73 Å². The first kappa shape index (κ1) is 14.7. The number of carbonyl (C=O) groups excluding carboxylic acids is 2. The average molecular weight is 285 g/mol. The minimum atomic E-state index is -0.274. The van der Waals surface area contributed by atoms with Gasteiger partial charge in [-0.3, -0.25) is 9.59 Å². The Morgan fingerprint density at radius 3 is 2.79 bits per heavy atom. The van der Waals surface area contributed by atoms with Gasteiger partial charge >= 0.3 is 0 Å². The van der Waals surface area contributed by atoms with Crippen LogP contribution in [0.25, 0.3) is 0 Å². The highest BCUT2D eigenvalue weighted by Gasteiger charge is 2.38. The summed E-state index contributed by atoms with van der Waals surface area (Å²) in [6.07, 6.45) is 3.64. The third kappa shape index (κ3) is 3.05. The number of thioether (sulfide) groups is 1. The molecular formula is C13H23N3O2S. The molecule has 2 aliphatic rings. The van der Waals surface area contributed by atoms with Crippen molar-refractivity contribution in [3.05, 3.63) is 0 Å². The molecule has 2 atom stereocenters. The summed E-state index contributed by atoms with van der Waals surface area (Å²) in [6, 6.07) is -0.116. The van der Waals surface area contributed by atoms with Crippen molar-refractivity contribution in [2.75, 3.05) is 24.7 Å². The number of piperidine rings is 1.